The Hall–Kier alpha value is -1.90. The second-order valence-corrected chi connectivity index (χ2v) is 6.11. The molecule has 1 aliphatic carbocycles. The van der Waals surface area contributed by atoms with E-state index in [0.29, 0.717) is 5.56 Å². The van der Waals surface area contributed by atoms with Crippen LogP contribution in [-0.2, 0) is 12.8 Å². The van der Waals surface area contributed by atoms with Gasteiger partial charge in [-0.15, -0.1) is 0 Å². The number of rotatable bonds is 1. The van der Waals surface area contributed by atoms with Crippen LogP contribution in [0, 0.1) is 13.8 Å². The highest BCUT2D eigenvalue weighted by Crippen LogP contribution is 2.31. The van der Waals surface area contributed by atoms with Gasteiger partial charge in [0, 0.05) is 11.1 Å². The van der Waals surface area contributed by atoms with Gasteiger partial charge in [-0.3, -0.25) is 4.98 Å². The van der Waals surface area contributed by atoms with Crippen molar-refractivity contribution >= 4 is 16.9 Å². The molecular formula is C18H21NO2. The molecule has 0 saturated heterocycles. The summed E-state index contributed by atoms with van der Waals surface area (Å²) in [7, 11) is 0. The molecule has 0 aliphatic heterocycles. The van der Waals surface area contributed by atoms with Gasteiger partial charge >= 0.3 is 5.97 Å². The lowest BCUT2D eigenvalue weighted by Crippen LogP contribution is -2.12. The van der Waals surface area contributed by atoms with Crippen LogP contribution in [0.1, 0.15) is 58.4 Å². The third-order valence-electron chi connectivity index (χ3n) is 4.42. The van der Waals surface area contributed by atoms with Crippen molar-refractivity contribution < 1.29 is 9.90 Å². The Kier molecular flexibility index (Phi) is 3.66. The molecule has 1 N–H and O–H groups in total. The predicted octanol–water partition coefficient (Wildman–Crippen LogP) is 4.21. The van der Waals surface area contributed by atoms with Crippen molar-refractivity contribution in [3.8, 4) is 0 Å². The molecule has 0 amide bonds. The van der Waals surface area contributed by atoms with Gasteiger partial charge in [-0.1, -0.05) is 18.9 Å². The molecule has 1 aromatic carbocycles. The summed E-state index contributed by atoms with van der Waals surface area (Å²) in [5.74, 6) is -0.814. The highest BCUT2D eigenvalue weighted by molar-refractivity contribution is 6.05. The van der Waals surface area contributed by atoms with Gasteiger partial charge in [0.05, 0.1) is 11.1 Å². The fourth-order valence-electron chi connectivity index (χ4n) is 3.53. The molecule has 0 bridgehead atoms. The molecule has 0 fully saturated rings. The first-order chi connectivity index (χ1) is 10.1. The molecule has 3 nitrogen and oxygen atoms in total. The molecule has 3 heteroatoms. The summed E-state index contributed by atoms with van der Waals surface area (Å²) < 4.78 is 0. The lowest BCUT2D eigenvalue weighted by Gasteiger charge is -2.18. The van der Waals surface area contributed by atoms with Crippen LogP contribution in [0.3, 0.4) is 0 Å². The third-order valence-corrected chi connectivity index (χ3v) is 4.42. The molecule has 1 aliphatic rings. The minimum Gasteiger partial charge on any atom is -0.478 e. The molecule has 2 aromatic rings. The maximum atomic E-state index is 11.9. The van der Waals surface area contributed by atoms with Crippen molar-refractivity contribution in [3.05, 3.63) is 40.1 Å². The van der Waals surface area contributed by atoms with E-state index in [2.05, 4.69) is 0 Å². The Morgan fingerprint density at radius 1 is 1.10 bits per heavy atom. The Labute approximate surface area is 125 Å². The normalized spacial score (nSPS) is 15.3. The monoisotopic (exact) mass is 283 g/mol. The van der Waals surface area contributed by atoms with Crippen molar-refractivity contribution in [2.45, 2.75) is 52.4 Å². The predicted molar refractivity (Wildman–Crippen MR) is 84.1 cm³/mol. The zero-order valence-corrected chi connectivity index (χ0v) is 12.7. The number of benzene rings is 1. The Morgan fingerprint density at radius 3 is 2.52 bits per heavy atom. The van der Waals surface area contributed by atoms with Crippen LogP contribution in [0.15, 0.2) is 12.1 Å². The van der Waals surface area contributed by atoms with Crippen molar-refractivity contribution in [1.82, 2.24) is 4.98 Å². The second kappa shape index (κ2) is 5.47. The number of hydrogen-bond donors (Lipinski definition) is 1. The van der Waals surface area contributed by atoms with Gasteiger partial charge in [0.2, 0.25) is 0 Å². The fraction of sp³-hybridized carbons (Fsp3) is 0.444. The third kappa shape index (κ3) is 2.53. The Balaban J connectivity index is 2.37. The molecule has 0 unspecified atom stereocenters. The molecule has 0 radical (unpaired) electrons. The van der Waals surface area contributed by atoms with Gasteiger partial charge in [-0.05, 0) is 62.3 Å². The number of carboxylic acids is 1. The molecule has 1 heterocycles. The van der Waals surface area contributed by atoms with Crippen LogP contribution < -0.4 is 0 Å². The van der Waals surface area contributed by atoms with E-state index in [4.69, 9.17) is 4.98 Å². The minimum atomic E-state index is -0.814. The summed E-state index contributed by atoms with van der Waals surface area (Å²) in [6.45, 7) is 4.02. The lowest BCUT2D eigenvalue weighted by atomic mass is 9.89. The number of aromatic carboxylic acids is 1. The summed E-state index contributed by atoms with van der Waals surface area (Å²) in [4.78, 5) is 16.7. The van der Waals surface area contributed by atoms with Crippen molar-refractivity contribution in [2.24, 2.45) is 0 Å². The number of hydrogen-bond acceptors (Lipinski definition) is 2. The Morgan fingerprint density at radius 2 is 1.81 bits per heavy atom. The number of pyridine rings is 1. The average Bonchev–Trinajstić information content (AvgIpc) is 2.38. The standard InChI is InChI=1S/C18H21NO2/c1-11-9-12(2)16-15(10-11)19-14-8-6-4-3-5-7-13(14)17(16)18(20)21/h9-10H,3-8H2,1-2H3,(H,20,21). The second-order valence-electron chi connectivity index (χ2n) is 6.11. The van der Waals surface area contributed by atoms with E-state index in [1.807, 2.05) is 26.0 Å². The van der Waals surface area contributed by atoms with E-state index in [1.54, 1.807) is 0 Å². The fourth-order valence-corrected chi connectivity index (χ4v) is 3.53. The number of aryl methyl sites for hydroxylation is 3. The zero-order valence-electron chi connectivity index (χ0n) is 12.7. The smallest absolute Gasteiger partial charge is 0.336 e. The first-order valence-electron chi connectivity index (χ1n) is 7.74. The molecule has 3 rings (SSSR count). The topological polar surface area (TPSA) is 50.2 Å². The lowest BCUT2D eigenvalue weighted by molar-refractivity contribution is 0.0697. The summed E-state index contributed by atoms with van der Waals surface area (Å²) in [6, 6.07) is 4.06. The van der Waals surface area contributed by atoms with Crippen LogP contribution in [0.5, 0.6) is 0 Å². The van der Waals surface area contributed by atoms with E-state index in [9.17, 15) is 9.90 Å². The summed E-state index contributed by atoms with van der Waals surface area (Å²) in [5, 5.41) is 10.6. The van der Waals surface area contributed by atoms with Gasteiger partial charge in [-0.25, -0.2) is 4.79 Å². The van der Waals surface area contributed by atoms with E-state index in [-0.39, 0.29) is 0 Å². The highest BCUT2D eigenvalue weighted by Gasteiger charge is 2.22. The highest BCUT2D eigenvalue weighted by atomic mass is 16.4. The molecular weight excluding hydrogens is 262 g/mol. The summed E-state index contributed by atoms with van der Waals surface area (Å²) in [5.41, 5.74) is 5.46. The van der Waals surface area contributed by atoms with Crippen molar-refractivity contribution in [2.75, 3.05) is 0 Å². The largest absolute Gasteiger partial charge is 0.478 e. The SMILES string of the molecule is Cc1cc(C)c2c(C(=O)O)c3c(nc2c1)CCCCCC3. The van der Waals surface area contributed by atoms with E-state index < -0.39 is 5.97 Å². The van der Waals surface area contributed by atoms with E-state index >= 15 is 0 Å². The number of carbonyl (C=O) groups is 1. The summed E-state index contributed by atoms with van der Waals surface area (Å²) in [6.07, 6.45) is 6.31. The average molecular weight is 283 g/mol. The Bertz CT molecular complexity index is 719. The zero-order chi connectivity index (χ0) is 15.0. The van der Waals surface area contributed by atoms with E-state index in [0.717, 1.165) is 59.0 Å². The van der Waals surface area contributed by atoms with Crippen LogP contribution in [0.4, 0.5) is 0 Å². The molecule has 21 heavy (non-hydrogen) atoms. The molecule has 0 atom stereocenters. The number of nitrogens with zero attached hydrogens (tertiary/aromatic N) is 1. The molecule has 1 aromatic heterocycles. The van der Waals surface area contributed by atoms with Crippen molar-refractivity contribution in [1.29, 1.82) is 0 Å². The van der Waals surface area contributed by atoms with Gasteiger partial charge in [0.15, 0.2) is 0 Å². The quantitative estimate of drug-likeness (QED) is 0.853. The first kappa shape index (κ1) is 14.1. The minimum absolute atomic E-state index is 0.495. The number of carboxylic acid groups (broad SMARTS) is 1. The molecule has 110 valence electrons. The maximum Gasteiger partial charge on any atom is 0.336 e. The van der Waals surface area contributed by atoms with Crippen LogP contribution in [-0.4, -0.2) is 16.1 Å². The van der Waals surface area contributed by atoms with Crippen molar-refractivity contribution in [3.63, 3.8) is 0 Å². The maximum absolute atomic E-state index is 11.9. The first-order valence-corrected chi connectivity index (χ1v) is 7.74. The van der Waals surface area contributed by atoms with Gasteiger partial charge < -0.3 is 5.11 Å². The van der Waals surface area contributed by atoms with Crippen LogP contribution >= 0.6 is 0 Å². The molecule has 0 spiro atoms. The molecule has 0 saturated carbocycles. The van der Waals surface area contributed by atoms with E-state index in [1.165, 1.54) is 12.8 Å². The van der Waals surface area contributed by atoms with Gasteiger partial charge in [0.25, 0.3) is 0 Å². The number of fused-ring (bicyclic) bond motifs is 2. The van der Waals surface area contributed by atoms with Gasteiger partial charge in [-0.2, -0.15) is 0 Å². The number of aromatic nitrogens is 1. The van der Waals surface area contributed by atoms with Crippen LogP contribution in [0.2, 0.25) is 0 Å². The van der Waals surface area contributed by atoms with Crippen LogP contribution in [0.25, 0.3) is 10.9 Å². The summed E-state index contributed by atoms with van der Waals surface area (Å²) >= 11 is 0. The van der Waals surface area contributed by atoms with Gasteiger partial charge in [0.1, 0.15) is 0 Å².